The zero-order valence-electron chi connectivity index (χ0n) is 8.64. The van der Waals surface area contributed by atoms with Gasteiger partial charge in [0.2, 0.25) is 0 Å². The van der Waals surface area contributed by atoms with Crippen molar-refractivity contribution in [2.24, 2.45) is 0 Å². The Morgan fingerprint density at radius 3 is 2.58 bits per heavy atom. The summed E-state index contributed by atoms with van der Waals surface area (Å²) >= 11 is 0. The van der Waals surface area contributed by atoms with Gasteiger partial charge in [0.25, 0.3) is 0 Å². The lowest BCUT2D eigenvalue weighted by molar-refractivity contribution is 0.330. The fourth-order valence-electron chi connectivity index (χ4n) is 1.31. The molecule has 0 heterocycles. The van der Waals surface area contributed by atoms with E-state index in [1.165, 1.54) is 6.42 Å². The normalized spacial score (nSPS) is 13.3. The first-order valence-corrected chi connectivity index (χ1v) is 4.69. The molecular formula is C10H22N2. The van der Waals surface area contributed by atoms with Crippen molar-refractivity contribution in [3.8, 4) is 0 Å². The Morgan fingerprint density at radius 1 is 1.50 bits per heavy atom. The van der Waals surface area contributed by atoms with Gasteiger partial charge in [0.15, 0.2) is 0 Å². The van der Waals surface area contributed by atoms with Crippen molar-refractivity contribution in [1.82, 2.24) is 10.2 Å². The molecule has 0 amide bonds. The number of rotatable bonds is 7. The van der Waals surface area contributed by atoms with Gasteiger partial charge in [0.05, 0.1) is 0 Å². The molecule has 0 aliphatic carbocycles. The lowest BCUT2D eigenvalue weighted by atomic mass is 10.1. The molecule has 0 fully saturated rings. The summed E-state index contributed by atoms with van der Waals surface area (Å²) in [5.41, 5.74) is 0. The third kappa shape index (κ3) is 6.38. The molecule has 1 N–H and O–H groups in total. The van der Waals surface area contributed by atoms with Crippen molar-refractivity contribution >= 4 is 0 Å². The Bertz CT molecular complexity index is 110. The molecule has 0 saturated heterocycles. The van der Waals surface area contributed by atoms with E-state index < -0.39 is 0 Å². The number of nitrogens with one attached hydrogen (secondary N) is 1. The van der Waals surface area contributed by atoms with Crippen LogP contribution in [-0.2, 0) is 0 Å². The minimum absolute atomic E-state index is 0.614. The highest BCUT2D eigenvalue weighted by Crippen LogP contribution is 1.98. The van der Waals surface area contributed by atoms with Crippen LogP contribution in [0.1, 0.15) is 19.8 Å². The van der Waals surface area contributed by atoms with E-state index in [0.29, 0.717) is 6.04 Å². The predicted molar refractivity (Wildman–Crippen MR) is 55.4 cm³/mol. The summed E-state index contributed by atoms with van der Waals surface area (Å²) in [6.45, 7) is 8.04. The summed E-state index contributed by atoms with van der Waals surface area (Å²) in [6, 6.07) is 0.614. The Labute approximate surface area is 76.6 Å². The van der Waals surface area contributed by atoms with E-state index in [0.717, 1.165) is 19.5 Å². The molecule has 2 heteroatoms. The number of hydrogen-bond acceptors (Lipinski definition) is 2. The molecule has 0 rings (SSSR count). The molecule has 72 valence electrons. The van der Waals surface area contributed by atoms with Crippen LogP contribution in [0.25, 0.3) is 0 Å². The fraction of sp³-hybridized carbons (Fsp3) is 0.800. The van der Waals surface area contributed by atoms with Crippen LogP contribution in [-0.4, -0.2) is 38.1 Å². The van der Waals surface area contributed by atoms with Crippen molar-refractivity contribution in [3.63, 3.8) is 0 Å². The molecular weight excluding hydrogens is 148 g/mol. The average molecular weight is 170 g/mol. The SMILES string of the molecule is C=CCCC(CN(C)C)NCC. The molecule has 0 radical (unpaired) electrons. The molecule has 0 aromatic carbocycles. The van der Waals surface area contributed by atoms with Crippen molar-refractivity contribution < 1.29 is 0 Å². The Hall–Kier alpha value is -0.340. The Kier molecular flexibility index (Phi) is 7.11. The maximum Gasteiger partial charge on any atom is 0.0197 e. The second kappa shape index (κ2) is 7.32. The number of allylic oxidation sites excluding steroid dienone is 1. The molecule has 0 saturated carbocycles. The summed E-state index contributed by atoms with van der Waals surface area (Å²) in [7, 11) is 4.22. The van der Waals surface area contributed by atoms with Crippen molar-refractivity contribution in [3.05, 3.63) is 12.7 Å². The van der Waals surface area contributed by atoms with Crippen LogP contribution in [0.5, 0.6) is 0 Å². The van der Waals surface area contributed by atoms with Crippen LogP contribution in [0.3, 0.4) is 0 Å². The highest BCUT2D eigenvalue weighted by Gasteiger charge is 2.06. The van der Waals surface area contributed by atoms with Gasteiger partial charge in [-0.15, -0.1) is 6.58 Å². The van der Waals surface area contributed by atoms with Crippen LogP contribution in [0.4, 0.5) is 0 Å². The van der Waals surface area contributed by atoms with E-state index in [9.17, 15) is 0 Å². The molecule has 0 aliphatic rings. The van der Waals surface area contributed by atoms with Crippen LogP contribution in [0, 0.1) is 0 Å². The Morgan fingerprint density at radius 2 is 2.17 bits per heavy atom. The highest BCUT2D eigenvalue weighted by molar-refractivity contribution is 4.75. The summed E-state index contributed by atoms with van der Waals surface area (Å²) in [6.07, 6.45) is 4.28. The standard InChI is InChI=1S/C10H22N2/c1-5-7-8-10(11-6-2)9-12(3)4/h5,10-11H,1,6-9H2,2-4H3. The average Bonchev–Trinajstić information content (AvgIpc) is 2.00. The van der Waals surface area contributed by atoms with E-state index in [4.69, 9.17) is 0 Å². The molecule has 0 spiro atoms. The summed E-state index contributed by atoms with van der Waals surface area (Å²) < 4.78 is 0. The maximum absolute atomic E-state index is 3.73. The van der Waals surface area contributed by atoms with E-state index in [1.54, 1.807) is 0 Å². The highest BCUT2D eigenvalue weighted by atomic mass is 15.1. The van der Waals surface area contributed by atoms with Gasteiger partial charge in [-0.3, -0.25) is 0 Å². The smallest absolute Gasteiger partial charge is 0.0197 e. The van der Waals surface area contributed by atoms with Crippen molar-refractivity contribution in [2.45, 2.75) is 25.8 Å². The van der Waals surface area contributed by atoms with Gasteiger partial charge in [0, 0.05) is 12.6 Å². The van der Waals surface area contributed by atoms with Crippen molar-refractivity contribution in [2.75, 3.05) is 27.2 Å². The molecule has 1 unspecified atom stereocenters. The minimum Gasteiger partial charge on any atom is -0.313 e. The first kappa shape index (κ1) is 11.7. The molecule has 12 heavy (non-hydrogen) atoms. The second-order valence-electron chi connectivity index (χ2n) is 3.38. The summed E-state index contributed by atoms with van der Waals surface area (Å²) in [4.78, 5) is 2.22. The lowest BCUT2D eigenvalue weighted by Crippen LogP contribution is -2.37. The molecule has 0 aliphatic heterocycles. The van der Waals surface area contributed by atoms with Gasteiger partial charge in [-0.2, -0.15) is 0 Å². The lowest BCUT2D eigenvalue weighted by Gasteiger charge is -2.21. The second-order valence-corrected chi connectivity index (χ2v) is 3.38. The molecule has 2 nitrogen and oxygen atoms in total. The molecule has 0 aromatic rings. The number of nitrogens with zero attached hydrogens (tertiary/aromatic N) is 1. The zero-order chi connectivity index (χ0) is 9.40. The van der Waals surface area contributed by atoms with Gasteiger partial charge in [-0.1, -0.05) is 13.0 Å². The van der Waals surface area contributed by atoms with Gasteiger partial charge in [-0.25, -0.2) is 0 Å². The van der Waals surface area contributed by atoms with Crippen LogP contribution in [0.2, 0.25) is 0 Å². The topological polar surface area (TPSA) is 15.3 Å². The summed E-state index contributed by atoms with van der Waals surface area (Å²) in [5, 5.41) is 3.46. The van der Waals surface area contributed by atoms with E-state index in [-0.39, 0.29) is 0 Å². The quantitative estimate of drug-likeness (QED) is 0.582. The van der Waals surface area contributed by atoms with E-state index >= 15 is 0 Å². The number of hydrogen-bond donors (Lipinski definition) is 1. The van der Waals surface area contributed by atoms with Gasteiger partial charge in [-0.05, 0) is 33.5 Å². The minimum atomic E-state index is 0.614. The van der Waals surface area contributed by atoms with Crippen LogP contribution in [0.15, 0.2) is 12.7 Å². The van der Waals surface area contributed by atoms with Gasteiger partial charge < -0.3 is 10.2 Å². The first-order chi connectivity index (χ1) is 5.70. The van der Waals surface area contributed by atoms with Crippen LogP contribution < -0.4 is 5.32 Å². The maximum atomic E-state index is 3.73. The van der Waals surface area contributed by atoms with E-state index in [2.05, 4.69) is 37.8 Å². The third-order valence-electron chi connectivity index (χ3n) is 1.80. The van der Waals surface area contributed by atoms with Gasteiger partial charge in [0.1, 0.15) is 0 Å². The first-order valence-electron chi connectivity index (χ1n) is 4.69. The molecule has 0 aromatic heterocycles. The Balaban J connectivity index is 3.61. The monoisotopic (exact) mass is 170 g/mol. The third-order valence-corrected chi connectivity index (χ3v) is 1.80. The fourth-order valence-corrected chi connectivity index (χ4v) is 1.31. The predicted octanol–water partition coefficient (Wildman–Crippen LogP) is 1.49. The van der Waals surface area contributed by atoms with E-state index in [1.807, 2.05) is 6.08 Å². The number of likely N-dealkylation sites (N-methyl/N-ethyl adjacent to an activating group) is 2. The zero-order valence-corrected chi connectivity index (χ0v) is 8.64. The molecule has 1 atom stereocenters. The van der Waals surface area contributed by atoms with Gasteiger partial charge >= 0.3 is 0 Å². The molecule has 0 bridgehead atoms. The van der Waals surface area contributed by atoms with Crippen molar-refractivity contribution in [1.29, 1.82) is 0 Å². The summed E-state index contributed by atoms with van der Waals surface area (Å²) in [5.74, 6) is 0. The van der Waals surface area contributed by atoms with Crippen LogP contribution >= 0.6 is 0 Å². The largest absolute Gasteiger partial charge is 0.313 e.